The van der Waals surface area contributed by atoms with Gasteiger partial charge in [-0.1, -0.05) is 11.6 Å². The molecule has 0 aliphatic rings. The quantitative estimate of drug-likeness (QED) is 0.431. The maximum Gasteiger partial charge on any atom is 0.271 e. The predicted molar refractivity (Wildman–Crippen MR) is 82.3 cm³/mol. The van der Waals surface area contributed by atoms with Crippen molar-refractivity contribution in [1.82, 2.24) is 0 Å². The molecule has 2 aromatic rings. The van der Waals surface area contributed by atoms with Crippen LogP contribution in [-0.2, 0) is 0 Å². The van der Waals surface area contributed by atoms with E-state index < -0.39 is 4.92 Å². The van der Waals surface area contributed by atoms with Crippen LogP contribution in [0.3, 0.4) is 0 Å². The normalized spacial score (nSPS) is 10.2. The average molecular weight is 371 g/mol. The highest BCUT2D eigenvalue weighted by molar-refractivity contribution is 9.10. The van der Waals surface area contributed by atoms with E-state index in [1.54, 1.807) is 18.2 Å². The van der Waals surface area contributed by atoms with E-state index in [9.17, 15) is 14.9 Å². The molecule has 7 heteroatoms. The van der Waals surface area contributed by atoms with E-state index in [2.05, 4.69) is 15.9 Å². The average Bonchev–Trinajstić information content (AvgIpc) is 2.40. The van der Waals surface area contributed by atoms with Crippen LogP contribution in [0, 0.1) is 10.1 Å². The van der Waals surface area contributed by atoms with Crippen molar-refractivity contribution in [2.75, 3.05) is 0 Å². The van der Waals surface area contributed by atoms with Gasteiger partial charge in [-0.05, 0) is 47.1 Å². The summed E-state index contributed by atoms with van der Waals surface area (Å²) in [4.78, 5) is 21.4. The van der Waals surface area contributed by atoms with E-state index in [1.807, 2.05) is 0 Å². The number of rotatable bonds is 4. The van der Waals surface area contributed by atoms with Gasteiger partial charge in [-0.2, -0.15) is 0 Å². The molecule has 2 aromatic carbocycles. The fourth-order valence-corrected chi connectivity index (χ4v) is 2.51. The zero-order chi connectivity index (χ0) is 15.6. The fraction of sp³-hybridized carbons (Fsp3) is 0.0714. The number of hydrogen-bond acceptors (Lipinski definition) is 4. The van der Waals surface area contributed by atoms with Crippen molar-refractivity contribution in [3.63, 3.8) is 0 Å². The zero-order valence-electron chi connectivity index (χ0n) is 10.8. The van der Waals surface area contributed by atoms with E-state index in [1.165, 1.54) is 25.1 Å². The Morgan fingerprint density at radius 3 is 2.52 bits per heavy atom. The Hall–Kier alpha value is -1.92. The Morgan fingerprint density at radius 2 is 2.00 bits per heavy atom. The van der Waals surface area contributed by atoms with Crippen molar-refractivity contribution < 1.29 is 14.5 Å². The second-order valence-corrected chi connectivity index (χ2v) is 5.43. The summed E-state index contributed by atoms with van der Waals surface area (Å²) in [6.45, 7) is 1.47. The molecule has 0 unspecified atom stereocenters. The first-order valence-corrected chi connectivity index (χ1v) is 6.98. The molecular formula is C14H9BrClNO4. The van der Waals surface area contributed by atoms with Crippen molar-refractivity contribution in [2.45, 2.75) is 6.92 Å². The van der Waals surface area contributed by atoms with Gasteiger partial charge in [0, 0.05) is 22.2 Å². The molecule has 0 saturated carbocycles. The molecule has 0 heterocycles. The first-order valence-electron chi connectivity index (χ1n) is 5.81. The molecule has 0 amide bonds. The van der Waals surface area contributed by atoms with Gasteiger partial charge in [-0.3, -0.25) is 14.9 Å². The van der Waals surface area contributed by atoms with Gasteiger partial charge in [-0.25, -0.2) is 0 Å². The Labute approximate surface area is 133 Å². The van der Waals surface area contributed by atoms with E-state index in [0.29, 0.717) is 21.5 Å². The van der Waals surface area contributed by atoms with Gasteiger partial charge < -0.3 is 4.74 Å². The van der Waals surface area contributed by atoms with Gasteiger partial charge in [0.05, 0.1) is 9.95 Å². The topological polar surface area (TPSA) is 69.4 Å². The number of nitrogens with zero attached hydrogens (tertiary/aromatic N) is 1. The fourth-order valence-electron chi connectivity index (χ4n) is 1.66. The molecule has 2 rings (SSSR count). The summed E-state index contributed by atoms with van der Waals surface area (Å²) < 4.78 is 6.17. The highest BCUT2D eigenvalue weighted by Gasteiger charge is 2.12. The number of carbonyl (C=O) groups is 1. The van der Waals surface area contributed by atoms with Gasteiger partial charge in [0.1, 0.15) is 11.5 Å². The largest absolute Gasteiger partial charge is 0.456 e. The zero-order valence-corrected chi connectivity index (χ0v) is 13.1. The molecule has 0 aromatic heterocycles. The number of ether oxygens (including phenoxy) is 1. The van der Waals surface area contributed by atoms with E-state index in [-0.39, 0.29) is 16.5 Å². The van der Waals surface area contributed by atoms with E-state index >= 15 is 0 Å². The van der Waals surface area contributed by atoms with Crippen LogP contribution in [0.4, 0.5) is 5.69 Å². The van der Waals surface area contributed by atoms with Crippen LogP contribution in [0.1, 0.15) is 17.3 Å². The SMILES string of the molecule is CC(=O)c1ccc(Oc2ccc([N+](=O)[O-])cc2Cl)cc1Br. The van der Waals surface area contributed by atoms with Crippen LogP contribution in [-0.4, -0.2) is 10.7 Å². The Morgan fingerprint density at radius 1 is 1.29 bits per heavy atom. The molecule has 21 heavy (non-hydrogen) atoms. The number of benzene rings is 2. The molecule has 0 aliphatic heterocycles. The van der Waals surface area contributed by atoms with Crippen LogP contribution in [0.25, 0.3) is 0 Å². The minimum atomic E-state index is -0.534. The predicted octanol–water partition coefficient (Wildman–Crippen LogP) is 5.01. The van der Waals surface area contributed by atoms with Gasteiger partial charge in [-0.15, -0.1) is 0 Å². The number of carbonyl (C=O) groups excluding carboxylic acids is 1. The molecule has 0 bridgehead atoms. The number of non-ortho nitro benzene ring substituents is 1. The number of nitro benzene ring substituents is 1. The molecule has 0 fully saturated rings. The third-order valence-corrected chi connectivity index (χ3v) is 3.63. The van der Waals surface area contributed by atoms with Gasteiger partial charge in [0.25, 0.3) is 5.69 Å². The first kappa shape index (κ1) is 15.5. The first-order chi connectivity index (χ1) is 9.88. The van der Waals surface area contributed by atoms with E-state index in [4.69, 9.17) is 16.3 Å². The van der Waals surface area contributed by atoms with Crippen molar-refractivity contribution in [1.29, 1.82) is 0 Å². The van der Waals surface area contributed by atoms with Crippen LogP contribution < -0.4 is 4.74 Å². The van der Waals surface area contributed by atoms with Gasteiger partial charge >= 0.3 is 0 Å². The second-order valence-electron chi connectivity index (χ2n) is 4.17. The lowest BCUT2D eigenvalue weighted by atomic mass is 10.1. The number of hydrogen-bond donors (Lipinski definition) is 0. The standard InChI is InChI=1S/C14H9BrClNO4/c1-8(18)11-4-3-10(7-12(11)15)21-14-5-2-9(17(19)20)6-13(14)16/h2-7H,1H3. The molecule has 0 atom stereocenters. The molecule has 108 valence electrons. The minimum Gasteiger partial charge on any atom is -0.456 e. The van der Waals surface area contributed by atoms with Crippen molar-refractivity contribution in [3.8, 4) is 11.5 Å². The highest BCUT2D eigenvalue weighted by atomic mass is 79.9. The molecule has 0 aliphatic carbocycles. The number of Topliss-reactive ketones (excluding diaryl/α,β-unsaturated/α-hetero) is 1. The highest BCUT2D eigenvalue weighted by Crippen LogP contribution is 2.33. The van der Waals surface area contributed by atoms with Crippen molar-refractivity contribution in [2.24, 2.45) is 0 Å². The number of halogens is 2. The minimum absolute atomic E-state index is 0.0678. The monoisotopic (exact) mass is 369 g/mol. The summed E-state index contributed by atoms with van der Waals surface area (Å²) in [5, 5.41) is 10.8. The van der Waals surface area contributed by atoms with Crippen molar-refractivity contribution >= 4 is 39.0 Å². The summed E-state index contributed by atoms with van der Waals surface area (Å²) in [6, 6.07) is 8.83. The Balaban J connectivity index is 2.28. The Kier molecular flexibility index (Phi) is 4.59. The lowest BCUT2D eigenvalue weighted by Crippen LogP contribution is -1.94. The van der Waals surface area contributed by atoms with Gasteiger partial charge in [0.2, 0.25) is 0 Å². The summed E-state index contributed by atoms with van der Waals surface area (Å²) in [6.07, 6.45) is 0. The number of nitro groups is 1. The maximum absolute atomic E-state index is 11.3. The lowest BCUT2D eigenvalue weighted by molar-refractivity contribution is -0.384. The molecule has 0 N–H and O–H groups in total. The summed E-state index contributed by atoms with van der Waals surface area (Å²) in [5.74, 6) is 0.689. The van der Waals surface area contributed by atoms with Crippen LogP contribution >= 0.6 is 27.5 Å². The lowest BCUT2D eigenvalue weighted by Gasteiger charge is -2.09. The third-order valence-electron chi connectivity index (χ3n) is 2.67. The van der Waals surface area contributed by atoms with Crippen LogP contribution in [0.15, 0.2) is 40.9 Å². The molecular weight excluding hydrogens is 362 g/mol. The smallest absolute Gasteiger partial charge is 0.271 e. The third kappa shape index (κ3) is 3.59. The number of ketones is 1. The summed E-state index contributed by atoms with van der Waals surface area (Å²) >= 11 is 9.24. The van der Waals surface area contributed by atoms with Crippen LogP contribution in [0.5, 0.6) is 11.5 Å². The maximum atomic E-state index is 11.3. The molecule has 0 spiro atoms. The summed E-state index contributed by atoms with van der Waals surface area (Å²) in [7, 11) is 0. The summed E-state index contributed by atoms with van der Waals surface area (Å²) in [5.41, 5.74) is 0.428. The molecule has 0 radical (unpaired) electrons. The Bertz CT molecular complexity index is 733. The van der Waals surface area contributed by atoms with E-state index in [0.717, 1.165) is 0 Å². The molecule has 5 nitrogen and oxygen atoms in total. The van der Waals surface area contributed by atoms with Gasteiger partial charge in [0.15, 0.2) is 5.78 Å². The molecule has 0 saturated heterocycles. The van der Waals surface area contributed by atoms with Crippen LogP contribution in [0.2, 0.25) is 5.02 Å². The van der Waals surface area contributed by atoms with Crippen molar-refractivity contribution in [3.05, 3.63) is 61.6 Å². The second kappa shape index (κ2) is 6.24.